The number of nitrogens with one attached hydrogen (secondary N) is 1. The smallest absolute Gasteiger partial charge is 0.258 e. The van der Waals surface area contributed by atoms with Gasteiger partial charge in [0.1, 0.15) is 5.82 Å². The second-order valence-corrected chi connectivity index (χ2v) is 7.38. The number of rotatable bonds is 5. The predicted octanol–water partition coefficient (Wildman–Crippen LogP) is 3.66. The van der Waals surface area contributed by atoms with E-state index in [0.717, 1.165) is 18.4 Å². The summed E-state index contributed by atoms with van der Waals surface area (Å²) in [5.74, 6) is 0.555. The molecular formula is C21H20ClN3O2. The van der Waals surface area contributed by atoms with Crippen LogP contribution in [0.15, 0.2) is 53.3 Å². The van der Waals surface area contributed by atoms with Crippen LogP contribution in [0.2, 0.25) is 5.02 Å². The first-order valence-corrected chi connectivity index (χ1v) is 9.44. The van der Waals surface area contributed by atoms with Crippen molar-refractivity contribution in [1.29, 1.82) is 0 Å². The van der Waals surface area contributed by atoms with Gasteiger partial charge >= 0.3 is 0 Å². The number of benzene rings is 2. The molecule has 1 saturated carbocycles. The van der Waals surface area contributed by atoms with E-state index in [-0.39, 0.29) is 18.0 Å². The summed E-state index contributed by atoms with van der Waals surface area (Å²) in [6.07, 6.45) is 1.62. The van der Waals surface area contributed by atoms with Crippen molar-refractivity contribution in [3.05, 3.63) is 75.3 Å². The van der Waals surface area contributed by atoms with E-state index < -0.39 is 5.41 Å². The Morgan fingerprint density at radius 1 is 1.22 bits per heavy atom. The van der Waals surface area contributed by atoms with Crippen LogP contribution in [0.1, 0.15) is 31.2 Å². The lowest BCUT2D eigenvalue weighted by Gasteiger charge is -2.26. The van der Waals surface area contributed by atoms with E-state index in [1.807, 2.05) is 43.3 Å². The lowest BCUT2D eigenvalue weighted by molar-refractivity contribution is -0.134. The van der Waals surface area contributed by atoms with Crippen molar-refractivity contribution >= 4 is 28.4 Å². The van der Waals surface area contributed by atoms with Crippen LogP contribution in [-0.2, 0) is 16.8 Å². The van der Waals surface area contributed by atoms with Crippen LogP contribution < -0.4 is 5.56 Å². The number of carbonyl (C=O) groups is 1. The van der Waals surface area contributed by atoms with E-state index >= 15 is 0 Å². The first-order chi connectivity index (χ1) is 13.0. The summed E-state index contributed by atoms with van der Waals surface area (Å²) in [5, 5.41) is 1.18. The molecule has 1 aliphatic carbocycles. The van der Waals surface area contributed by atoms with Crippen LogP contribution in [0.25, 0.3) is 10.9 Å². The fraction of sp³-hybridized carbons (Fsp3) is 0.286. The van der Waals surface area contributed by atoms with Crippen molar-refractivity contribution in [1.82, 2.24) is 14.9 Å². The summed E-state index contributed by atoms with van der Waals surface area (Å²) in [4.78, 5) is 34.7. The van der Waals surface area contributed by atoms with Gasteiger partial charge in [-0.25, -0.2) is 4.98 Å². The van der Waals surface area contributed by atoms with Gasteiger partial charge in [0.25, 0.3) is 5.56 Å². The molecule has 138 valence electrons. The standard InChI is InChI=1S/C21H20ClN3O2/c1-2-25(13-18-23-17-9-4-3-8-16(17)19(26)24-18)20(27)21(10-11-21)14-6-5-7-15(22)12-14/h3-9,12H,2,10-11,13H2,1H3,(H,23,24,26). The molecular weight excluding hydrogens is 362 g/mol. The number of nitrogens with zero attached hydrogens (tertiary/aromatic N) is 2. The molecule has 0 spiro atoms. The monoisotopic (exact) mass is 381 g/mol. The molecule has 1 N–H and O–H groups in total. The fourth-order valence-electron chi connectivity index (χ4n) is 3.56. The maximum absolute atomic E-state index is 13.3. The van der Waals surface area contributed by atoms with Crippen LogP contribution in [0.3, 0.4) is 0 Å². The molecule has 1 aliphatic rings. The van der Waals surface area contributed by atoms with Gasteiger partial charge in [-0.3, -0.25) is 9.59 Å². The van der Waals surface area contributed by atoms with Gasteiger partial charge in [0.2, 0.25) is 5.91 Å². The highest BCUT2D eigenvalue weighted by molar-refractivity contribution is 6.30. The van der Waals surface area contributed by atoms with E-state index in [1.165, 1.54) is 0 Å². The Labute approximate surface area is 162 Å². The van der Waals surface area contributed by atoms with Crippen LogP contribution in [-0.4, -0.2) is 27.3 Å². The Hall–Kier alpha value is -2.66. The van der Waals surface area contributed by atoms with Gasteiger partial charge < -0.3 is 9.88 Å². The number of amides is 1. The van der Waals surface area contributed by atoms with E-state index in [9.17, 15) is 9.59 Å². The number of aromatic amines is 1. The topological polar surface area (TPSA) is 66.1 Å². The number of halogens is 1. The molecule has 1 heterocycles. The van der Waals surface area contributed by atoms with Crippen molar-refractivity contribution in [2.45, 2.75) is 31.7 Å². The zero-order chi connectivity index (χ0) is 19.0. The minimum atomic E-state index is -0.502. The molecule has 1 fully saturated rings. The van der Waals surface area contributed by atoms with Crippen LogP contribution in [0.4, 0.5) is 0 Å². The average molecular weight is 382 g/mol. The maximum Gasteiger partial charge on any atom is 0.258 e. The Morgan fingerprint density at radius 3 is 2.70 bits per heavy atom. The van der Waals surface area contributed by atoms with Gasteiger partial charge in [-0.2, -0.15) is 0 Å². The number of hydrogen-bond donors (Lipinski definition) is 1. The quantitative estimate of drug-likeness (QED) is 0.733. The number of fused-ring (bicyclic) bond motifs is 1. The summed E-state index contributed by atoms with van der Waals surface area (Å²) in [6.45, 7) is 2.75. The molecule has 5 nitrogen and oxygen atoms in total. The Morgan fingerprint density at radius 2 is 2.00 bits per heavy atom. The molecule has 1 amide bonds. The molecule has 0 radical (unpaired) electrons. The highest BCUT2D eigenvalue weighted by Crippen LogP contribution is 2.50. The third-order valence-electron chi connectivity index (χ3n) is 5.21. The van der Waals surface area contributed by atoms with Crippen molar-refractivity contribution in [2.75, 3.05) is 6.54 Å². The maximum atomic E-state index is 13.3. The first-order valence-electron chi connectivity index (χ1n) is 9.07. The van der Waals surface area contributed by atoms with Crippen molar-refractivity contribution in [3.8, 4) is 0 Å². The highest BCUT2D eigenvalue weighted by atomic mass is 35.5. The lowest BCUT2D eigenvalue weighted by Crippen LogP contribution is -2.39. The summed E-state index contributed by atoms with van der Waals surface area (Å²) < 4.78 is 0. The number of carbonyl (C=O) groups excluding carboxylic acids is 1. The molecule has 6 heteroatoms. The molecule has 27 heavy (non-hydrogen) atoms. The first kappa shape index (κ1) is 17.7. The predicted molar refractivity (Wildman–Crippen MR) is 106 cm³/mol. The molecule has 0 saturated heterocycles. The van der Waals surface area contributed by atoms with Gasteiger partial charge in [0.15, 0.2) is 0 Å². The zero-order valence-electron chi connectivity index (χ0n) is 15.0. The number of aromatic nitrogens is 2. The zero-order valence-corrected chi connectivity index (χ0v) is 15.8. The number of hydrogen-bond acceptors (Lipinski definition) is 3. The summed E-state index contributed by atoms with van der Waals surface area (Å²) in [5.41, 5.74) is 0.905. The number of H-pyrrole nitrogens is 1. The Balaban J connectivity index is 1.63. The third kappa shape index (κ3) is 3.23. The normalized spacial score (nSPS) is 14.9. The molecule has 0 aliphatic heterocycles. The number of para-hydroxylation sites is 1. The van der Waals surface area contributed by atoms with E-state index in [4.69, 9.17) is 11.6 Å². The van der Waals surface area contributed by atoms with E-state index in [0.29, 0.717) is 28.3 Å². The van der Waals surface area contributed by atoms with Crippen LogP contribution >= 0.6 is 11.6 Å². The van der Waals surface area contributed by atoms with Gasteiger partial charge in [0.05, 0.1) is 22.9 Å². The minimum Gasteiger partial charge on any atom is -0.335 e. The second kappa shape index (κ2) is 6.82. The fourth-order valence-corrected chi connectivity index (χ4v) is 3.75. The summed E-state index contributed by atoms with van der Waals surface area (Å²) in [6, 6.07) is 14.7. The molecule has 3 aromatic rings. The summed E-state index contributed by atoms with van der Waals surface area (Å²) in [7, 11) is 0. The van der Waals surface area contributed by atoms with Crippen molar-refractivity contribution in [2.24, 2.45) is 0 Å². The Bertz CT molecular complexity index is 1070. The van der Waals surface area contributed by atoms with Crippen LogP contribution in [0.5, 0.6) is 0 Å². The molecule has 1 aromatic heterocycles. The second-order valence-electron chi connectivity index (χ2n) is 6.94. The average Bonchev–Trinajstić information content (AvgIpc) is 3.48. The van der Waals surface area contributed by atoms with Gasteiger partial charge in [-0.05, 0) is 49.6 Å². The molecule has 0 atom stereocenters. The van der Waals surface area contributed by atoms with Crippen LogP contribution in [0, 0.1) is 0 Å². The van der Waals surface area contributed by atoms with E-state index in [2.05, 4.69) is 9.97 Å². The molecule has 0 bridgehead atoms. The molecule has 4 rings (SSSR count). The largest absolute Gasteiger partial charge is 0.335 e. The summed E-state index contributed by atoms with van der Waals surface area (Å²) >= 11 is 6.12. The van der Waals surface area contributed by atoms with Crippen molar-refractivity contribution in [3.63, 3.8) is 0 Å². The lowest BCUT2D eigenvalue weighted by atomic mass is 9.94. The number of likely N-dealkylation sites (N-methyl/N-ethyl adjacent to an activating group) is 1. The third-order valence-corrected chi connectivity index (χ3v) is 5.44. The minimum absolute atomic E-state index is 0.0584. The van der Waals surface area contributed by atoms with Crippen molar-refractivity contribution < 1.29 is 4.79 Å². The van der Waals surface area contributed by atoms with Gasteiger partial charge in [-0.15, -0.1) is 0 Å². The molecule has 2 aromatic carbocycles. The molecule has 0 unspecified atom stereocenters. The van der Waals surface area contributed by atoms with E-state index in [1.54, 1.807) is 17.0 Å². The van der Waals surface area contributed by atoms with Gasteiger partial charge in [0, 0.05) is 11.6 Å². The highest BCUT2D eigenvalue weighted by Gasteiger charge is 2.52. The van der Waals surface area contributed by atoms with Gasteiger partial charge in [-0.1, -0.05) is 35.9 Å². The SMILES string of the molecule is CCN(Cc1nc2ccccc2c(=O)[nH]1)C(=O)C1(c2cccc(Cl)c2)CC1. The Kier molecular flexibility index (Phi) is 4.48.